The van der Waals surface area contributed by atoms with Crippen LogP contribution in [-0.4, -0.2) is 18.5 Å². The first-order valence-electron chi connectivity index (χ1n) is 9.03. The number of benzene rings is 2. The van der Waals surface area contributed by atoms with Crippen LogP contribution in [0.4, 0.5) is 18.9 Å². The van der Waals surface area contributed by atoms with Crippen molar-refractivity contribution in [2.24, 2.45) is 10.7 Å². The fourth-order valence-corrected chi connectivity index (χ4v) is 2.92. The van der Waals surface area contributed by atoms with Gasteiger partial charge in [0.05, 0.1) is 23.5 Å². The Labute approximate surface area is 173 Å². The monoisotopic (exact) mass is 413 g/mol. The molecule has 156 valence electrons. The molecule has 0 fully saturated rings. The topological polar surface area (TPSA) is 98.1 Å². The van der Waals surface area contributed by atoms with Gasteiger partial charge in [0.1, 0.15) is 6.07 Å². The smallest absolute Gasteiger partial charge is 0.368 e. The number of aliphatic imine (C=N–C) groups is 1. The third kappa shape index (κ3) is 5.70. The number of hydrogen-bond donors (Lipinski definition) is 3. The van der Waals surface area contributed by atoms with E-state index < -0.39 is 18.1 Å². The number of nitrogens with one attached hydrogen (secondary N) is 2. The standard InChI is InChI=1S/C22H22F3N5/c1-13-8-17(9-14(2)15(13)3)19(22(23,24)25)6-4-16-5-7-20(18(10-16)11-26)29-12-30-21(27)28/h4-10,12,19H,1-3H3,(H4,27,28,29,30)/b6-4+. The summed E-state index contributed by atoms with van der Waals surface area (Å²) >= 11 is 0. The summed E-state index contributed by atoms with van der Waals surface area (Å²) in [5, 5.41) is 19.1. The molecule has 0 spiro atoms. The molecular formula is C22H22F3N5. The van der Waals surface area contributed by atoms with Gasteiger partial charge in [-0.15, -0.1) is 0 Å². The van der Waals surface area contributed by atoms with E-state index in [0.717, 1.165) is 29.1 Å². The molecule has 0 aliphatic carbocycles. The van der Waals surface area contributed by atoms with Crippen LogP contribution in [0.5, 0.6) is 0 Å². The SMILES string of the molecule is Cc1cc(C(/C=C/c2ccc(N/C=N\C(=N)N)c(C#N)c2)C(F)(F)F)cc(C)c1C. The van der Waals surface area contributed by atoms with Crippen molar-refractivity contribution in [1.29, 1.82) is 10.7 Å². The maximum atomic E-state index is 13.7. The summed E-state index contributed by atoms with van der Waals surface area (Å²) in [6.45, 7) is 5.47. The van der Waals surface area contributed by atoms with E-state index in [2.05, 4.69) is 10.3 Å². The molecule has 0 saturated carbocycles. The maximum absolute atomic E-state index is 13.7. The zero-order valence-corrected chi connectivity index (χ0v) is 16.8. The van der Waals surface area contributed by atoms with Crippen molar-refractivity contribution in [3.05, 3.63) is 69.8 Å². The van der Waals surface area contributed by atoms with Gasteiger partial charge in [-0.05, 0) is 60.7 Å². The molecule has 0 aromatic heterocycles. The van der Waals surface area contributed by atoms with Crippen LogP contribution in [0.15, 0.2) is 41.4 Å². The van der Waals surface area contributed by atoms with Gasteiger partial charge in [-0.3, -0.25) is 5.41 Å². The number of rotatable bonds is 5. The van der Waals surface area contributed by atoms with Gasteiger partial charge in [0.15, 0.2) is 0 Å². The Balaban J connectivity index is 2.36. The minimum atomic E-state index is -4.45. The van der Waals surface area contributed by atoms with E-state index in [1.54, 1.807) is 38.1 Å². The number of nitriles is 1. The molecule has 2 aromatic rings. The molecule has 1 unspecified atom stereocenters. The zero-order chi connectivity index (χ0) is 22.5. The lowest BCUT2D eigenvalue weighted by Crippen LogP contribution is -2.19. The van der Waals surface area contributed by atoms with Crippen molar-refractivity contribution in [2.45, 2.75) is 32.9 Å². The maximum Gasteiger partial charge on any atom is 0.399 e. The number of nitrogens with zero attached hydrogens (tertiary/aromatic N) is 2. The Morgan fingerprint density at radius 2 is 1.83 bits per heavy atom. The number of anilines is 1. The Hall–Kier alpha value is -3.60. The van der Waals surface area contributed by atoms with E-state index in [0.29, 0.717) is 11.3 Å². The molecule has 5 nitrogen and oxygen atoms in total. The molecule has 0 bridgehead atoms. The Morgan fingerprint density at radius 3 is 2.37 bits per heavy atom. The van der Waals surface area contributed by atoms with Crippen molar-refractivity contribution >= 4 is 24.1 Å². The van der Waals surface area contributed by atoms with Crippen molar-refractivity contribution < 1.29 is 13.2 Å². The average molecular weight is 413 g/mol. The van der Waals surface area contributed by atoms with Crippen LogP contribution in [0.2, 0.25) is 0 Å². The van der Waals surface area contributed by atoms with Crippen molar-refractivity contribution in [2.75, 3.05) is 5.32 Å². The lowest BCUT2D eigenvalue weighted by Gasteiger charge is -2.19. The Bertz CT molecular complexity index is 1020. The number of aryl methyl sites for hydroxylation is 2. The van der Waals surface area contributed by atoms with Crippen LogP contribution in [0.25, 0.3) is 6.08 Å². The highest BCUT2D eigenvalue weighted by atomic mass is 19.4. The van der Waals surface area contributed by atoms with Crippen LogP contribution in [0, 0.1) is 37.5 Å². The predicted octanol–water partition coefficient (Wildman–Crippen LogP) is 5.18. The second kappa shape index (κ2) is 9.27. The molecule has 0 radical (unpaired) electrons. The lowest BCUT2D eigenvalue weighted by atomic mass is 9.91. The van der Waals surface area contributed by atoms with E-state index in [-0.39, 0.29) is 11.1 Å². The molecule has 0 aliphatic rings. The quantitative estimate of drug-likeness (QED) is 0.465. The summed E-state index contributed by atoms with van der Waals surface area (Å²) < 4.78 is 41.2. The predicted molar refractivity (Wildman–Crippen MR) is 114 cm³/mol. The first-order chi connectivity index (χ1) is 14.0. The van der Waals surface area contributed by atoms with E-state index in [1.807, 2.05) is 13.0 Å². The highest BCUT2D eigenvalue weighted by Crippen LogP contribution is 2.37. The Kier molecular flexibility index (Phi) is 7.01. The van der Waals surface area contributed by atoms with Gasteiger partial charge in [-0.2, -0.15) is 18.4 Å². The molecule has 0 aliphatic heterocycles. The van der Waals surface area contributed by atoms with Gasteiger partial charge in [-0.25, -0.2) is 4.99 Å². The number of allylic oxidation sites excluding steroid dienone is 1. The number of halogens is 3. The van der Waals surface area contributed by atoms with E-state index in [1.165, 1.54) is 12.1 Å². The van der Waals surface area contributed by atoms with Crippen LogP contribution >= 0.6 is 0 Å². The minimum absolute atomic E-state index is 0.179. The van der Waals surface area contributed by atoms with Crippen molar-refractivity contribution in [1.82, 2.24) is 0 Å². The van der Waals surface area contributed by atoms with E-state index in [9.17, 15) is 18.4 Å². The zero-order valence-electron chi connectivity index (χ0n) is 16.8. The number of alkyl halides is 3. The summed E-state index contributed by atoms with van der Waals surface area (Å²) in [7, 11) is 0. The molecule has 2 aromatic carbocycles. The molecule has 0 amide bonds. The third-order valence-corrected chi connectivity index (χ3v) is 4.73. The summed E-state index contributed by atoms with van der Waals surface area (Å²) in [5.74, 6) is -2.16. The first kappa shape index (κ1) is 22.7. The van der Waals surface area contributed by atoms with E-state index >= 15 is 0 Å². The molecular weight excluding hydrogens is 391 g/mol. The van der Waals surface area contributed by atoms with Gasteiger partial charge >= 0.3 is 6.18 Å². The molecule has 0 heterocycles. The minimum Gasteiger partial charge on any atom is -0.368 e. The molecule has 4 N–H and O–H groups in total. The first-order valence-corrected chi connectivity index (χ1v) is 9.03. The van der Waals surface area contributed by atoms with Gasteiger partial charge < -0.3 is 11.1 Å². The van der Waals surface area contributed by atoms with Crippen molar-refractivity contribution in [3.8, 4) is 6.07 Å². The average Bonchev–Trinajstić information content (AvgIpc) is 2.65. The molecule has 1 atom stereocenters. The molecule has 0 saturated heterocycles. The van der Waals surface area contributed by atoms with Crippen LogP contribution in [-0.2, 0) is 0 Å². The fourth-order valence-electron chi connectivity index (χ4n) is 2.92. The van der Waals surface area contributed by atoms with Gasteiger partial charge in [-0.1, -0.05) is 30.4 Å². The van der Waals surface area contributed by atoms with Gasteiger partial charge in [0.25, 0.3) is 0 Å². The van der Waals surface area contributed by atoms with E-state index in [4.69, 9.17) is 11.1 Å². The highest BCUT2D eigenvalue weighted by molar-refractivity contribution is 5.89. The normalized spacial score (nSPS) is 12.8. The molecule has 30 heavy (non-hydrogen) atoms. The second-order valence-electron chi connectivity index (χ2n) is 6.86. The summed E-state index contributed by atoms with van der Waals surface area (Å²) in [6.07, 6.45) is -0.829. The number of nitrogens with two attached hydrogens (primary N) is 1. The molecule has 8 heteroatoms. The number of hydrogen-bond acceptors (Lipinski definition) is 2. The highest BCUT2D eigenvalue weighted by Gasteiger charge is 2.39. The second-order valence-corrected chi connectivity index (χ2v) is 6.86. The van der Waals surface area contributed by atoms with Crippen LogP contribution < -0.4 is 11.1 Å². The fraction of sp³-hybridized carbons (Fsp3) is 0.227. The number of guanidine groups is 1. The van der Waals surface area contributed by atoms with Gasteiger partial charge in [0.2, 0.25) is 5.96 Å². The molecule has 2 rings (SSSR count). The van der Waals surface area contributed by atoms with Crippen molar-refractivity contribution in [3.63, 3.8) is 0 Å². The van der Waals surface area contributed by atoms with Gasteiger partial charge in [0, 0.05) is 0 Å². The summed E-state index contributed by atoms with van der Waals surface area (Å²) in [6, 6.07) is 9.71. The van der Waals surface area contributed by atoms with Crippen LogP contribution in [0.3, 0.4) is 0 Å². The summed E-state index contributed by atoms with van der Waals surface area (Å²) in [4.78, 5) is 3.53. The van der Waals surface area contributed by atoms with Crippen LogP contribution in [0.1, 0.15) is 39.3 Å². The third-order valence-electron chi connectivity index (χ3n) is 4.73. The lowest BCUT2D eigenvalue weighted by molar-refractivity contribution is -0.139. The largest absolute Gasteiger partial charge is 0.399 e. The Morgan fingerprint density at radius 1 is 1.20 bits per heavy atom. The summed E-state index contributed by atoms with van der Waals surface area (Å²) in [5.41, 5.74) is 8.95.